The summed E-state index contributed by atoms with van der Waals surface area (Å²) in [5, 5.41) is 4.34. The van der Waals surface area contributed by atoms with Crippen molar-refractivity contribution < 1.29 is 0 Å². The summed E-state index contributed by atoms with van der Waals surface area (Å²) in [4.78, 5) is 13.3. The van der Waals surface area contributed by atoms with Crippen molar-refractivity contribution in [2.24, 2.45) is 0 Å². The Bertz CT molecular complexity index is 763. The van der Waals surface area contributed by atoms with Crippen molar-refractivity contribution in [3.05, 3.63) is 51.5 Å². The molecule has 0 fully saturated rings. The predicted octanol–water partition coefficient (Wildman–Crippen LogP) is 3.99. The fourth-order valence-corrected chi connectivity index (χ4v) is 2.33. The van der Waals surface area contributed by atoms with Crippen LogP contribution in [0.1, 0.15) is 11.4 Å². The zero-order valence-corrected chi connectivity index (χ0v) is 13.3. The van der Waals surface area contributed by atoms with E-state index in [-0.39, 0.29) is 0 Å². The van der Waals surface area contributed by atoms with E-state index in [2.05, 4.69) is 42.9 Å². The molecule has 0 saturated carbocycles. The molecule has 0 radical (unpaired) electrons. The number of hydrogen-bond donors (Lipinski definition) is 1. The van der Waals surface area contributed by atoms with Crippen LogP contribution in [-0.4, -0.2) is 15.0 Å². The van der Waals surface area contributed by atoms with Gasteiger partial charge in [0, 0.05) is 26.5 Å². The smallest absolute Gasteiger partial charge is 0.161 e. The van der Waals surface area contributed by atoms with Gasteiger partial charge >= 0.3 is 0 Å². The van der Waals surface area contributed by atoms with E-state index in [1.165, 1.54) is 0 Å². The Kier molecular flexibility index (Phi) is 3.52. The zero-order valence-electron chi connectivity index (χ0n) is 11.2. The van der Waals surface area contributed by atoms with E-state index in [4.69, 9.17) is 0 Å². The number of halogens is 1. The van der Waals surface area contributed by atoms with Crippen molar-refractivity contribution in [2.75, 3.05) is 5.32 Å². The summed E-state index contributed by atoms with van der Waals surface area (Å²) in [6.07, 6.45) is 1.83. The molecule has 0 saturated heterocycles. The molecule has 3 aromatic rings. The SMILES string of the molecule is Cc1ccc2c(Nc3ccc(I)cn3)cc(C)nc2n1. The van der Waals surface area contributed by atoms with Gasteiger partial charge in [-0.15, -0.1) is 0 Å². The van der Waals surface area contributed by atoms with Crippen molar-refractivity contribution in [3.63, 3.8) is 0 Å². The van der Waals surface area contributed by atoms with Crippen LogP contribution in [0.2, 0.25) is 0 Å². The second-order valence-electron chi connectivity index (χ2n) is 4.62. The molecule has 0 amide bonds. The Morgan fingerprint density at radius 3 is 2.55 bits per heavy atom. The summed E-state index contributed by atoms with van der Waals surface area (Å²) in [5.74, 6) is 0.817. The van der Waals surface area contributed by atoms with E-state index in [9.17, 15) is 0 Å². The molecule has 5 heteroatoms. The van der Waals surface area contributed by atoms with Gasteiger partial charge in [-0.2, -0.15) is 0 Å². The maximum atomic E-state index is 4.48. The molecule has 0 atom stereocenters. The first-order chi connectivity index (χ1) is 9.61. The van der Waals surface area contributed by atoms with Crippen molar-refractivity contribution in [1.82, 2.24) is 15.0 Å². The fourth-order valence-electron chi connectivity index (χ4n) is 2.02. The highest BCUT2D eigenvalue weighted by Gasteiger charge is 2.06. The number of aryl methyl sites for hydroxylation is 2. The normalized spacial score (nSPS) is 10.8. The van der Waals surface area contributed by atoms with Gasteiger partial charge in [-0.05, 0) is 66.8 Å². The Morgan fingerprint density at radius 1 is 1.00 bits per heavy atom. The quantitative estimate of drug-likeness (QED) is 0.688. The lowest BCUT2D eigenvalue weighted by atomic mass is 10.2. The Balaban J connectivity index is 2.08. The summed E-state index contributed by atoms with van der Waals surface area (Å²) >= 11 is 2.24. The molecule has 1 N–H and O–H groups in total. The van der Waals surface area contributed by atoms with Gasteiger partial charge in [-0.25, -0.2) is 15.0 Å². The summed E-state index contributed by atoms with van der Waals surface area (Å²) in [6.45, 7) is 3.94. The van der Waals surface area contributed by atoms with Crippen LogP contribution in [0.15, 0.2) is 36.5 Å². The van der Waals surface area contributed by atoms with E-state index in [1.54, 1.807) is 0 Å². The number of rotatable bonds is 2. The second kappa shape index (κ2) is 5.32. The summed E-state index contributed by atoms with van der Waals surface area (Å²) in [6, 6.07) is 10.0. The molecule has 3 heterocycles. The van der Waals surface area contributed by atoms with Gasteiger partial charge in [0.15, 0.2) is 5.65 Å². The monoisotopic (exact) mass is 376 g/mol. The van der Waals surface area contributed by atoms with Crippen LogP contribution in [0.3, 0.4) is 0 Å². The molecule has 0 spiro atoms. The number of anilines is 2. The number of nitrogens with one attached hydrogen (secondary N) is 1. The third kappa shape index (κ3) is 2.72. The number of fused-ring (bicyclic) bond motifs is 1. The predicted molar refractivity (Wildman–Crippen MR) is 89.2 cm³/mol. The molecule has 20 heavy (non-hydrogen) atoms. The van der Waals surface area contributed by atoms with Gasteiger partial charge < -0.3 is 5.32 Å². The van der Waals surface area contributed by atoms with Gasteiger partial charge in [0.25, 0.3) is 0 Å². The molecule has 100 valence electrons. The van der Waals surface area contributed by atoms with E-state index in [0.717, 1.165) is 37.5 Å². The van der Waals surface area contributed by atoms with E-state index in [1.807, 2.05) is 50.4 Å². The Morgan fingerprint density at radius 2 is 1.80 bits per heavy atom. The highest BCUT2D eigenvalue weighted by atomic mass is 127. The first-order valence-corrected chi connectivity index (χ1v) is 7.33. The standard InChI is InChI=1S/C15H13IN4/c1-9-3-5-12-13(7-10(2)19-15(12)18-9)20-14-6-4-11(16)8-17-14/h3-8H,1-2H3,(H,17,18,19,20). The maximum absolute atomic E-state index is 4.48. The molecule has 0 aromatic carbocycles. The van der Waals surface area contributed by atoms with Gasteiger partial charge in [0.05, 0.1) is 5.69 Å². The van der Waals surface area contributed by atoms with E-state index >= 15 is 0 Å². The first kappa shape index (κ1) is 13.2. The third-order valence-corrected chi connectivity index (χ3v) is 3.57. The molecule has 0 bridgehead atoms. The lowest BCUT2D eigenvalue weighted by Crippen LogP contribution is -1.98. The van der Waals surface area contributed by atoms with Gasteiger partial charge in [-0.3, -0.25) is 0 Å². The fraction of sp³-hybridized carbons (Fsp3) is 0.133. The van der Waals surface area contributed by atoms with Gasteiger partial charge in [0.2, 0.25) is 0 Å². The van der Waals surface area contributed by atoms with Crippen LogP contribution in [0, 0.1) is 17.4 Å². The van der Waals surface area contributed by atoms with Crippen molar-refractivity contribution >= 4 is 45.1 Å². The lowest BCUT2D eigenvalue weighted by Gasteiger charge is -2.10. The summed E-state index contributed by atoms with van der Waals surface area (Å²) < 4.78 is 1.11. The molecule has 0 aliphatic rings. The topological polar surface area (TPSA) is 50.7 Å². The van der Waals surface area contributed by atoms with Crippen LogP contribution in [0.5, 0.6) is 0 Å². The average molecular weight is 376 g/mol. The lowest BCUT2D eigenvalue weighted by molar-refractivity contribution is 1.16. The first-order valence-electron chi connectivity index (χ1n) is 6.25. The van der Waals surface area contributed by atoms with Crippen LogP contribution in [-0.2, 0) is 0 Å². The van der Waals surface area contributed by atoms with Crippen LogP contribution in [0.4, 0.5) is 11.5 Å². The van der Waals surface area contributed by atoms with E-state index < -0.39 is 0 Å². The highest BCUT2D eigenvalue weighted by molar-refractivity contribution is 14.1. The minimum absolute atomic E-state index is 0.762. The summed E-state index contributed by atoms with van der Waals surface area (Å²) in [5.41, 5.74) is 3.64. The number of nitrogens with zero attached hydrogens (tertiary/aromatic N) is 3. The second-order valence-corrected chi connectivity index (χ2v) is 5.87. The maximum Gasteiger partial charge on any atom is 0.161 e. The number of pyridine rings is 3. The Labute approximate surface area is 130 Å². The molecule has 3 rings (SSSR count). The molecule has 0 aliphatic carbocycles. The Hall–Kier alpha value is -1.76. The van der Waals surface area contributed by atoms with Crippen molar-refractivity contribution in [3.8, 4) is 0 Å². The largest absolute Gasteiger partial charge is 0.340 e. The molecule has 0 unspecified atom stereocenters. The van der Waals surface area contributed by atoms with Gasteiger partial charge in [-0.1, -0.05) is 0 Å². The summed E-state index contributed by atoms with van der Waals surface area (Å²) in [7, 11) is 0. The number of aromatic nitrogens is 3. The van der Waals surface area contributed by atoms with E-state index in [0.29, 0.717) is 0 Å². The average Bonchev–Trinajstić information content (AvgIpc) is 2.40. The van der Waals surface area contributed by atoms with Gasteiger partial charge in [0.1, 0.15) is 5.82 Å². The number of hydrogen-bond acceptors (Lipinski definition) is 4. The molecule has 3 aromatic heterocycles. The van der Waals surface area contributed by atoms with Crippen LogP contribution in [0.25, 0.3) is 11.0 Å². The zero-order chi connectivity index (χ0) is 14.1. The van der Waals surface area contributed by atoms with Crippen molar-refractivity contribution in [1.29, 1.82) is 0 Å². The molecular formula is C15H13IN4. The van der Waals surface area contributed by atoms with Crippen LogP contribution >= 0.6 is 22.6 Å². The minimum atomic E-state index is 0.762. The third-order valence-electron chi connectivity index (χ3n) is 2.93. The highest BCUT2D eigenvalue weighted by Crippen LogP contribution is 2.25. The molecule has 4 nitrogen and oxygen atoms in total. The molecular weight excluding hydrogens is 363 g/mol. The van der Waals surface area contributed by atoms with Crippen LogP contribution < -0.4 is 5.32 Å². The minimum Gasteiger partial charge on any atom is -0.340 e. The van der Waals surface area contributed by atoms with Crippen molar-refractivity contribution in [2.45, 2.75) is 13.8 Å². The molecule has 0 aliphatic heterocycles.